The Morgan fingerprint density at radius 2 is 2.14 bits per heavy atom. The van der Waals surface area contributed by atoms with Crippen LogP contribution in [0.15, 0.2) is 0 Å². The smallest absolute Gasteiger partial charge is 0.320 e. The Morgan fingerprint density at radius 1 is 1.50 bits per heavy atom. The molecule has 0 aliphatic heterocycles. The fourth-order valence-electron chi connectivity index (χ4n) is 1.52. The molecule has 0 heterocycles. The summed E-state index contributed by atoms with van der Waals surface area (Å²) in [6.07, 6.45) is 3.48. The molecule has 0 fully saturated rings. The molecule has 0 aromatic rings. The van der Waals surface area contributed by atoms with Gasteiger partial charge >= 0.3 is 5.97 Å². The monoisotopic (exact) mass is 202 g/mol. The third-order valence-corrected chi connectivity index (χ3v) is 2.33. The Hall–Kier alpha value is -0.610. The van der Waals surface area contributed by atoms with Crippen LogP contribution in [0.5, 0.6) is 0 Å². The van der Waals surface area contributed by atoms with Crippen LogP contribution in [0.1, 0.15) is 32.6 Å². The molecule has 0 bridgehead atoms. The Morgan fingerprint density at radius 3 is 2.57 bits per heavy atom. The average molecular weight is 202 g/mol. The Labute approximate surface area is 86.1 Å². The van der Waals surface area contributed by atoms with Crippen LogP contribution in [0.4, 0.5) is 0 Å². The number of nitrogens with two attached hydrogens (primary N) is 1. The van der Waals surface area contributed by atoms with Gasteiger partial charge in [0.05, 0.1) is 0 Å². The normalized spacial score (nSPS) is 13.1. The summed E-state index contributed by atoms with van der Waals surface area (Å²) in [5.74, 6) is -0.724. The quantitative estimate of drug-likeness (QED) is 0.574. The van der Waals surface area contributed by atoms with Gasteiger partial charge in [0.25, 0.3) is 0 Å². The molecular formula is C10H22N2O2. The number of unbranched alkanes of at least 4 members (excludes halogenated alkanes) is 1. The molecule has 14 heavy (non-hydrogen) atoms. The number of carboxylic acid groups (broad SMARTS) is 1. The van der Waals surface area contributed by atoms with Crippen molar-refractivity contribution >= 4 is 5.97 Å². The number of carboxylic acids is 1. The van der Waals surface area contributed by atoms with Gasteiger partial charge in [-0.2, -0.15) is 0 Å². The van der Waals surface area contributed by atoms with Gasteiger partial charge in [-0.3, -0.25) is 9.69 Å². The number of hydrogen-bond acceptors (Lipinski definition) is 3. The highest BCUT2D eigenvalue weighted by Gasteiger charge is 2.20. The van der Waals surface area contributed by atoms with Gasteiger partial charge in [-0.15, -0.1) is 0 Å². The molecular weight excluding hydrogens is 180 g/mol. The van der Waals surface area contributed by atoms with Gasteiger partial charge in [0.2, 0.25) is 0 Å². The summed E-state index contributed by atoms with van der Waals surface area (Å²) in [5, 5.41) is 9.00. The van der Waals surface area contributed by atoms with Gasteiger partial charge in [0.1, 0.15) is 6.04 Å². The summed E-state index contributed by atoms with van der Waals surface area (Å²) in [6.45, 7) is 3.53. The van der Waals surface area contributed by atoms with Crippen LogP contribution in [-0.4, -0.2) is 42.2 Å². The molecule has 0 aromatic heterocycles. The summed E-state index contributed by atoms with van der Waals surface area (Å²) < 4.78 is 0. The minimum Gasteiger partial charge on any atom is -0.480 e. The lowest BCUT2D eigenvalue weighted by atomic mass is 10.1. The van der Waals surface area contributed by atoms with Gasteiger partial charge < -0.3 is 10.8 Å². The minimum absolute atomic E-state index is 0.346. The third-order valence-electron chi connectivity index (χ3n) is 2.33. The van der Waals surface area contributed by atoms with Crippen LogP contribution in [0.3, 0.4) is 0 Å². The number of rotatable bonds is 8. The number of likely N-dealkylation sites (N-methyl/N-ethyl adjacent to an activating group) is 1. The lowest BCUT2D eigenvalue weighted by Crippen LogP contribution is -2.38. The van der Waals surface area contributed by atoms with E-state index in [0.29, 0.717) is 13.0 Å². The van der Waals surface area contributed by atoms with E-state index < -0.39 is 5.97 Å². The van der Waals surface area contributed by atoms with Crippen molar-refractivity contribution in [3.8, 4) is 0 Å². The summed E-state index contributed by atoms with van der Waals surface area (Å²) in [5.41, 5.74) is 5.36. The molecule has 4 heteroatoms. The van der Waals surface area contributed by atoms with E-state index in [4.69, 9.17) is 10.8 Å². The molecule has 0 aliphatic carbocycles. The third kappa shape index (κ3) is 5.19. The maximum atomic E-state index is 10.9. The van der Waals surface area contributed by atoms with Crippen molar-refractivity contribution < 1.29 is 9.90 Å². The molecule has 0 unspecified atom stereocenters. The van der Waals surface area contributed by atoms with E-state index in [2.05, 4.69) is 6.92 Å². The number of carbonyl (C=O) groups is 1. The molecule has 0 saturated carbocycles. The van der Waals surface area contributed by atoms with Crippen LogP contribution in [0.25, 0.3) is 0 Å². The first kappa shape index (κ1) is 13.4. The van der Waals surface area contributed by atoms with E-state index in [1.165, 1.54) is 0 Å². The molecule has 84 valence electrons. The molecule has 0 amide bonds. The first-order chi connectivity index (χ1) is 6.63. The highest BCUT2D eigenvalue weighted by atomic mass is 16.4. The summed E-state index contributed by atoms with van der Waals surface area (Å²) in [6, 6.07) is -0.346. The van der Waals surface area contributed by atoms with Gasteiger partial charge in [0.15, 0.2) is 0 Å². The Bertz CT molecular complexity index is 162. The first-order valence-corrected chi connectivity index (χ1v) is 5.26. The van der Waals surface area contributed by atoms with Gasteiger partial charge in [0, 0.05) is 0 Å². The van der Waals surface area contributed by atoms with Crippen LogP contribution in [0.2, 0.25) is 0 Å². The predicted octanol–water partition coefficient (Wildman–Crippen LogP) is 0.910. The Balaban J connectivity index is 3.94. The molecule has 0 rings (SSSR count). The van der Waals surface area contributed by atoms with Crippen molar-refractivity contribution in [1.29, 1.82) is 0 Å². The van der Waals surface area contributed by atoms with Crippen molar-refractivity contribution in [2.75, 3.05) is 20.1 Å². The van der Waals surface area contributed by atoms with E-state index >= 15 is 0 Å². The lowest BCUT2D eigenvalue weighted by Gasteiger charge is -2.23. The number of nitrogens with zero attached hydrogens (tertiary/aromatic N) is 1. The topological polar surface area (TPSA) is 66.6 Å². The van der Waals surface area contributed by atoms with Crippen LogP contribution in [0, 0.1) is 0 Å². The standard InChI is InChI=1S/C10H22N2O2/c1-3-8-12(2)9(10(13)14)6-4-5-7-11/h9H,3-8,11H2,1-2H3,(H,13,14)/t9-/m0/s1. The van der Waals surface area contributed by atoms with Gasteiger partial charge in [-0.1, -0.05) is 13.3 Å². The number of aliphatic carboxylic acids is 1. The molecule has 0 radical (unpaired) electrons. The van der Waals surface area contributed by atoms with Crippen LogP contribution >= 0.6 is 0 Å². The van der Waals surface area contributed by atoms with E-state index in [-0.39, 0.29) is 6.04 Å². The van der Waals surface area contributed by atoms with E-state index in [1.54, 1.807) is 0 Å². The van der Waals surface area contributed by atoms with Crippen molar-refractivity contribution in [3.63, 3.8) is 0 Å². The highest BCUT2D eigenvalue weighted by molar-refractivity contribution is 5.73. The predicted molar refractivity (Wildman–Crippen MR) is 57.3 cm³/mol. The second-order valence-electron chi connectivity index (χ2n) is 3.62. The lowest BCUT2D eigenvalue weighted by molar-refractivity contribution is -0.143. The summed E-state index contributed by atoms with van der Waals surface area (Å²) in [4.78, 5) is 12.8. The zero-order chi connectivity index (χ0) is 11.0. The first-order valence-electron chi connectivity index (χ1n) is 5.26. The molecule has 1 atom stereocenters. The fraction of sp³-hybridized carbons (Fsp3) is 0.900. The number of hydrogen-bond donors (Lipinski definition) is 2. The Kier molecular flexibility index (Phi) is 7.42. The second-order valence-corrected chi connectivity index (χ2v) is 3.62. The summed E-state index contributed by atoms with van der Waals surface area (Å²) >= 11 is 0. The maximum Gasteiger partial charge on any atom is 0.320 e. The van der Waals surface area contributed by atoms with E-state index in [9.17, 15) is 4.79 Å². The molecule has 0 spiro atoms. The molecule has 3 N–H and O–H groups in total. The average Bonchev–Trinajstić information content (AvgIpc) is 2.12. The zero-order valence-electron chi connectivity index (χ0n) is 9.20. The molecule has 4 nitrogen and oxygen atoms in total. The van der Waals surface area contributed by atoms with Crippen molar-refractivity contribution in [3.05, 3.63) is 0 Å². The fourth-order valence-corrected chi connectivity index (χ4v) is 1.52. The van der Waals surface area contributed by atoms with Crippen LogP contribution in [-0.2, 0) is 4.79 Å². The van der Waals surface area contributed by atoms with Gasteiger partial charge in [-0.25, -0.2) is 0 Å². The second kappa shape index (κ2) is 7.76. The van der Waals surface area contributed by atoms with Gasteiger partial charge in [-0.05, 0) is 39.4 Å². The van der Waals surface area contributed by atoms with Crippen LogP contribution < -0.4 is 5.73 Å². The van der Waals surface area contributed by atoms with Crippen molar-refractivity contribution in [1.82, 2.24) is 4.90 Å². The van der Waals surface area contributed by atoms with E-state index in [0.717, 1.165) is 25.8 Å². The zero-order valence-corrected chi connectivity index (χ0v) is 9.20. The molecule has 0 aliphatic rings. The van der Waals surface area contributed by atoms with E-state index in [1.807, 2.05) is 11.9 Å². The molecule has 0 saturated heterocycles. The largest absolute Gasteiger partial charge is 0.480 e. The molecule has 0 aromatic carbocycles. The highest BCUT2D eigenvalue weighted by Crippen LogP contribution is 2.07. The maximum absolute atomic E-state index is 10.9. The SMILES string of the molecule is CCCN(C)[C@@H](CCCCN)C(=O)O. The minimum atomic E-state index is -0.724. The van der Waals surface area contributed by atoms with Crippen molar-refractivity contribution in [2.24, 2.45) is 5.73 Å². The summed E-state index contributed by atoms with van der Waals surface area (Å²) in [7, 11) is 1.87. The van der Waals surface area contributed by atoms with Crippen molar-refractivity contribution in [2.45, 2.75) is 38.6 Å².